The smallest absolute Gasteiger partial charge is 0.239 e. The zero-order valence-corrected chi connectivity index (χ0v) is 10.9. The van der Waals surface area contributed by atoms with Gasteiger partial charge in [0.05, 0.1) is 17.6 Å². The van der Waals surface area contributed by atoms with Crippen LogP contribution in [0.4, 0.5) is 4.39 Å². The monoisotopic (exact) mass is 280 g/mol. The van der Waals surface area contributed by atoms with Crippen molar-refractivity contribution >= 4 is 16.9 Å². The summed E-state index contributed by atoms with van der Waals surface area (Å²) in [5.41, 5.74) is 6.73. The summed E-state index contributed by atoms with van der Waals surface area (Å²) in [5.74, 6) is 0.0587. The van der Waals surface area contributed by atoms with E-state index in [1.54, 1.807) is 6.07 Å². The van der Waals surface area contributed by atoms with Crippen molar-refractivity contribution in [1.82, 2.24) is 15.3 Å². The van der Waals surface area contributed by atoms with E-state index in [4.69, 9.17) is 10.8 Å². The second-order valence-electron chi connectivity index (χ2n) is 4.53. The molecule has 2 aromatic rings. The number of halogens is 1. The molecule has 0 aliphatic heterocycles. The average molecular weight is 280 g/mol. The predicted octanol–water partition coefficient (Wildman–Crippen LogP) is 0.0704. The quantitative estimate of drug-likeness (QED) is 0.562. The van der Waals surface area contributed by atoms with E-state index < -0.39 is 6.04 Å². The summed E-state index contributed by atoms with van der Waals surface area (Å²) in [7, 11) is 0. The number of nitrogens with zero attached hydrogens (tertiary/aromatic N) is 1. The number of aryl methyl sites for hydroxylation is 1. The molecule has 6 nitrogen and oxygen atoms in total. The number of aliphatic hydroxyl groups is 1. The molecule has 0 bridgehead atoms. The Morgan fingerprint density at radius 1 is 1.55 bits per heavy atom. The number of aromatic nitrogens is 2. The summed E-state index contributed by atoms with van der Waals surface area (Å²) in [6.45, 7) is 0.0684. The van der Waals surface area contributed by atoms with Crippen molar-refractivity contribution in [3.63, 3.8) is 0 Å². The normalized spacial score (nSPS) is 12.6. The first kappa shape index (κ1) is 14.4. The van der Waals surface area contributed by atoms with Crippen molar-refractivity contribution in [1.29, 1.82) is 0 Å². The third kappa shape index (κ3) is 3.52. The molecule has 108 valence electrons. The van der Waals surface area contributed by atoms with Crippen LogP contribution in [-0.4, -0.2) is 40.2 Å². The van der Waals surface area contributed by atoms with Gasteiger partial charge in [0.25, 0.3) is 0 Å². The Balaban J connectivity index is 1.82. The third-order valence-corrected chi connectivity index (χ3v) is 2.92. The molecule has 0 unspecified atom stereocenters. The number of aliphatic hydroxyl groups excluding tert-OH is 1. The SMILES string of the molecule is N[C@@H](CO)C(=O)NCCCc1nc2ccc(F)cc2[nH]1. The molecule has 20 heavy (non-hydrogen) atoms. The molecule has 0 saturated heterocycles. The molecule has 7 heteroatoms. The zero-order chi connectivity index (χ0) is 14.5. The molecule has 5 N–H and O–H groups in total. The summed E-state index contributed by atoms with van der Waals surface area (Å²) in [6.07, 6.45) is 1.30. The molecule has 0 fully saturated rings. The van der Waals surface area contributed by atoms with E-state index in [2.05, 4.69) is 15.3 Å². The van der Waals surface area contributed by atoms with Crippen molar-refractivity contribution in [3.05, 3.63) is 29.8 Å². The number of aromatic amines is 1. The number of nitrogens with two attached hydrogens (primary N) is 1. The van der Waals surface area contributed by atoms with Gasteiger partial charge in [-0.3, -0.25) is 4.79 Å². The molecule has 1 amide bonds. The highest BCUT2D eigenvalue weighted by Crippen LogP contribution is 2.13. The number of hydrogen-bond acceptors (Lipinski definition) is 4. The number of fused-ring (bicyclic) bond motifs is 1. The first-order valence-electron chi connectivity index (χ1n) is 6.38. The number of amides is 1. The first-order chi connectivity index (χ1) is 9.60. The second-order valence-corrected chi connectivity index (χ2v) is 4.53. The molecule has 0 aliphatic carbocycles. The summed E-state index contributed by atoms with van der Waals surface area (Å²) >= 11 is 0. The van der Waals surface area contributed by atoms with Gasteiger partial charge >= 0.3 is 0 Å². The lowest BCUT2D eigenvalue weighted by Crippen LogP contribution is -2.43. The Labute approximate surface area is 115 Å². The molecule has 1 heterocycles. The van der Waals surface area contributed by atoms with E-state index in [0.29, 0.717) is 30.4 Å². The lowest BCUT2D eigenvalue weighted by atomic mass is 10.2. The zero-order valence-electron chi connectivity index (χ0n) is 10.9. The van der Waals surface area contributed by atoms with Gasteiger partial charge in [0.2, 0.25) is 5.91 Å². The minimum absolute atomic E-state index is 0.307. The van der Waals surface area contributed by atoms with Crippen LogP contribution in [0, 0.1) is 5.82 Å². The van der Waals surface area contributed by atoms with Crippen molar-refractivity contribution in [2.75, 3.05) is 13.2 Å². The van der Waals surface area contributed by atoms with Crippen LogP contribution in [0.3, 0.4) is 0 Å². The van der Waals surface area contributed by atoms with Gasteiger partial charge in [-0.05, 0) is 24.6 Å². The summed E-state index contributed by atoms with van der Waals surface area (Å²) in [6, 6.07) is 3.49. The number of benzene rings is 1. The Hall–Kier alpha value is -1.99. The standard InChI is InChI=1S/C13H17FN4O2/c14-8-3-4-10-11(6-8)18-12(17-10)2-1-5-16-13(20)9(15)7-19/h3-4,6,9,19H,1-2,5,7,15H2,(H,16,20)(H,17,18)/t9-/m0/s1. The predicted molar refractivity (Wildman–Crippen MR) is 72.4 cm³/mol. The topological polar surface area (TPSA) is 104 Å². The van der Waals surface area contributed by atoms with Gasteiger partial charge in [0.1, 0.15) is 17.7 Å². The number of imidazole rings is 1. The third-order valence-electron chi connectivity index (χ3n) is 2.92. The molecule has 0 aliphatic rings. The minimum atomic E-state index is -0.885. The molecule has 1 aromatic carbocycles. The van der Waals surface area contributed by atoms with Crippen molar-refractivity contribution in [2.45, 2.75) is 18.9 Å². The van der Waals surface area contributed by atoms with Crippen LogP contribution in [-0.2, 0) is 11.2 Å². The largest absolute Gasteiger partial charge is 0.394 e. The Bertz CT molecular complexity index is 599. The van der Waals surface area contributed by atoms with Gasteiger partial charge in [-0.15, -0.1) is 0 Å². The van der Waals surface area contributed by atoms with E-state index in [1.807, 2.05) is 0 Å². The van der Waals surface area contributed by atoms with Crippen molar-refractivity contribution < 1.29 is 14.3 Å². The van der Waals surface area contributed by atoms with Crippen LogP contribution in [0.2, 0.25) is 0 Å². The van der Waals surface area contributed by atoms with Crippen LogP contribution in [0.5, 0.6) is 0 Å². The van der Waals surface area contributed by atoms with Crippen LogP contribution in [0.1, 0.15) is 12.2 Å². The minimum Gasteiger partial charge on any atom is -0.394 e. The van der Waals surface area contributed by atoms with E-state index in [-0.39, 0.29) is 18.3 Å². The second kappa shape index (κ2) is 6.44. The fourth-order valence-corrected chi connectivity index (χ4v) is 1.83. The van der Waals surface area contributed by atoms with Crippen LogP contribution in [0.15, 0.2) is 18.2 Å². The lowest BCUT2D eigenvalue weighted by molar-refractivity contribution is -0.123. The molecule has 1 atom stereocenters. The number of rotatable bonds is 6. The van der Waals surface area contributed by atoms with Crippen LogP contribution < -0.4 is 11.1 Å². The first-order valence-corrected chi connectivity index (χ1v) is 6.38. The molecule has 2 rings (SSSR count). The van der Waals surface area contributed by atoms with E-state index >= 15 is 0 Å². The maximum Gasteiger partial charge on any atom is 0.239 e. The molecular formula is C13H17FN4O2. The van der Waals surface area contributed by atoms with Crippen molar-refractivity contribution in [3.8, 4) is 0 Å². The van der Waals surface area contributed by atoms with Gasteiger partial charge in [0.15, 0.2) is 0 Å². The van der Waals surface area contributed by atoms with Gasteiger partial charge in [0, 0.05) is 13.0 Å². The lowest BCUT2D eigenvalue weighted by Gasteiger charge is -2.08. The number of hydrogen-bond donors (Lipinski definition) is 4. The number of H-pyrrole nitrogens is 1. The summed E-state index contributed by atoms with van der Waals surface area (Å²) < 4.78 is 13.0. The fraction of sp³-hybridized carbons (Fsp3) is 0.385. The number of carbonyl (C=O) groups is 1. The van der Waals surface area contributed by atoms with Gasteiger partial charge < -0.3 is 21.1 Å². The highest BCUT2D eigenvalue weighted by molar-refractivity contribution is 5.81. The van der Waals surface area contributed by atoms with Gasteiger partial charge in [-0.1, -0.05) is 0 Å². The van der Waals surface area contributed by atoms with Crippen LogP contribution >= 0.6 is 0 Å². The number of nitrogens with one attached hydrogen (secondary N) is 2. The molecule has 0 spiro atoms. The number of carbonyl (C=O) groups excluding carboxylic acids is 1. The highest BCUT2D eigenvalue weighted by atomic mass is 19.1. The van der Waals surface area contributed by atoms with E-state index in [1.165, 1.54) is 12.1 Å². The Kier molecular flexibility index (Phi) is 4.65. The Morgan fingerprint density at radius 3 is 3.10 bits per heavy atom. The molecule has 1 aromatic heterocycles. The summed E-state index contributed by atoms with van der Waals surface area (Å²) in [5, 5.41) is 11.3. The molecular weight excluding hydrogens is 263 g/mol. The fourth-order valence-electron chi connectivity index (χ4n) is 1.83. The highest BCUT2D eigenvalue weighted by Gasteiger charge is 2.10. The van der Waals surface area contributed by atoms with Crippen molar-refractivity contribution in [2.24, 2.45) is 5.73 Å². The van der Waals surface area contributed by atoms with Gasteiger partial charge in [-0.2, -0.15) is 0 Å². The maximum absolute atomic E-state index is 13.0. The van der Waals surface area contributed by atoms with Crippen LogP contribution in [0.25, 0.3) is 11.0 Å². The molecule has 0 saturated carbocycles. The van der Waals surface area contributed by atoms with Gasteiger partial charge in [-0.25, -0.2) is 9.37 Å². The Morgan fingerprint density at radius 2 is 2.35 bits per heavy atom. The van der Waals surface area contributed by atoms with E-state index in [9.17, 15) is 9.18 Å². The maximum atomic E-state index is 13.0. The van der Waals surface area contributed by atoms with E-state index in [0.717, 1.165) is 5.82 Å². The summed E-state index contributed by atoms with van der Waals surface area (Å²) in [4.78, 5) is 18.7. The molecule has 0 radical (unpaired) electrons. The average Bonchev–Trinajstić information content (AvgIpc) is 2.84.